The minimum absolute atomic E-state index is 0. The molecule has 0 aromatic heterocycles. The molecule has 1 aliphatic rings. The summed E-state index contributed by atoms with van der Waals surface area (Å²) in [6, 6.07) is 0. The average molecular weight is 165 g/mol. The van der Waals surface area contributed by atoms with Gasteiger partial charge in [-0.25, -0.2) is 0 Å². The van der Waals surface area contributed by atoms with Gasteiger partial charge in [-0.15, -0.1) is 0 Å². The third-order valence-electron chi connectivity index (χ3n) is 1.67. The Morgan fingerprint density at radius 2 is 1.64 bits per heavy atom. The van der Waals surface area contributed by atoms with Gasteiger partial charge < -0.3 is 13.3 Å². The van der Waals surface area contributed by atoms with Crippen molar-refractivity contribution >= 4 is 23.1 Å². The Labute approximate surface area is 88.3 Å². The topological polar surface area (TPSA) is 0 Å². The maximum atomic E-state index is 3.60. The molecule has 0 saturated heterocycles. The van der Waals surface area contributed by atoms with Crippen molar-refractivity contribution < 1.29 is 0 Å². The summed E-state index contributed by atoms with van der Waals surface area (Å²) in [6.07, 6.45) is 11.8. The summed E-state index contributed by atoms with van der Waals surface area (Å²) < 4.78 is 0. The summed E-state index contributed by atoms with van der Waals surface area (Å²) in [5.41, 5.74) is 0. The van der Waals surface area contributed by atoms with Crippen LogP contribution in [-0.4, -0.2) is 23.1 Å². The van der Waals surface area contributed by atoms with Gasteiger partial charge in [0.05, 0.1) is 0 Å². The predicted octanol–water partition coefficient (Wildman–Crippen LogP) is 3.39. The third-order valence-corrected chi connectivity index (χ3v) is 1.67. The molecule has 11 heavy (non-hydrogen) atoms. The first-order valence-corrected chi connectivity index (χ1v) is 4.52. The molecule has 1 heteroatoms. The summed E-state index contributed by atoms with van der Waals surface area (Å²) in [7, 11) is 0. The number of hydrogen-bond donors (Lipinski definition) is 0. The zero-order valence-corrected chi connectivity index (χ0v) is 9.36. The van der Waals surface area contributed by atoms with Gasteiger partial charge in [0.25, 0.3) is 0 Å². The van der Waals surface area contributed by atoms with Crippen LogP contribution in [0.1, 0.15) is 51.9 Å². The molecule has 0 amide bonds. The fourth-order valence-electron chi connectivity index (χ4n) is 0.898. The Morgan fingerprint density at radius 3 is 1.73 bits per heavy atom. The molecule has 0 heterocycles. The molecule has 0 N–H and O–H groups in total. The van der Waals surface area contributed by atoms with Gasteiger partial charge in [0.2, 0.25) is 0 Å². The first kappa shape index (κ1) is 14.3. The number of unbranched alkanes of at least 4 members (excludes halogenated alkanes) is 1. The minimum Gasteiger partial charge on any atom is -0.343 e. The predicted molar refractivity (Wildman–Crippen MR) is 53.4 cm³/mol. The van der Waals surface area contributed by atoms with Gasteiger partial charge in [-0.3, -0.25) is 0 Å². The number of hydrogen-bond acceptors (Lipinski definition) is 0. The van der Waals surface area contributed by atoms with E-state index in [0.29, 0.717) is 0 Å². The van der Waals surface area contributed by atoms with E-state index in [0.717, 1.165) is 6.42 Å². The Balaban J connectivity index is 0. The Bertz CT molecular complexity index is 35.3. The molecule has 0 aromatic carbocycles. The van der Waals surface area contributed by atoms with Gasteiger partial charge in [0, 0.05) is 0 Å². The smallest absolute Gasteiger partial charge is 0.343 e. The molecule has 0 bridgehead atoms. The van der Waals surface area contributed by atoms with E-state index in [2.05, 4.69) is 20.3 Å². The van der Waals surface area contributed by atoms with Gasteiger partial charge in [0.15, 0.2) is 0 Å². The normalized spacial score (nSPS) is 15.8. The second kappa shape index (κ2) is 13.4. The van der Waals surface area contributed by atoms with E-state index in [4.69, 9.17) is 0 Å². The molecule has 0 aromatic rings. The van der Waals surface area contributed by atoms with Crippen molar-refractivity contribution in [3.63, 3.8) is 0 Å². The molecule has 0 radical (unpaired) electrons. The molecule has 0 unspecified atom stereocenters. The molecule has 0 aliphatic heterocycles. The van der Waals surface area contributed by atoms with E-state index in [1.165, 1.54) is 38.5 Å². The van der Waals surface area contributed by atoms with Crippen molar-refractivity contribution in [1.29, 1.82) is 0 Å². The molecular formula is C10H20Mg. The zero-order valence-electron chi connectivity index (χ0n) is 7.94. The largest absolute Gasteiger partial charge is 2.00 e. The van der Waals surface area contributed by atoms with Crippen LogP contribution in [0.4, 0.5) is 0 Å². The van der Waals surface area contributed by atoms with Crippen LogP contribution in [-0.2, 0) is 0 Å². The van der Waals surface area contributed by atoms with Crippen molar-refractivity contribution in [1.82, 2.24) is 0 Å². The van der Waals surface area contributed by atoms with Gasteiger partial charge in [-0.2, -0.15) is 19.3 Å². The first-order valence-electron chi connectivity index (χ1n) is 4.52. The van der Waals surface area contributed by atoms with E-state index in [1.807, 2.05) is 0 Å². The van der Waals surface area contributed by atoms with Crippen LogP contribution in [0.2, 0.25) is 0 Å². The van der Waals surface area contributed by atoms with Crippen LogP contribution < -0.4 is 0 Å². The van der Waals surface area contributed by atoms with E-state index >= 15 is 0 Å². The van der Waals surface area contributed by atoms with Crippen LogP contribution in [0.3, 0.4) is 0 Å². The van der Waals surface area contributed by atoms with Gasteiger partial charge in [-0.1, -0.05) is 32.6 Å². The van der Waals surface area contributed by atoms with E-state index in [-0.39, 0.29) is 23.1 Å². The monoisotopic (exact) mass is 164 g/mol. The second-order valence-corrected chi connectivity index (χ2v) is 2.78. The summed E-state index contributed by atoms with van der Waals surface area (Å²) in [4.78, 5) is 0. The van der Waals surface area contributed by atoms with Gasteiger partial charge in [-0.05, 0) is 0 Å². The summed E-state index contributed by atoms with van der Waals surface area (Å²) in [5.74, 6) is 0. The SMILES string of the molecule is [CH-]1CCCCC1.[CH2-]CCC.[Mg+2]. The molecular weight excluding hydrogens is 144 g/mol. The fraction of sp³-hybridized carbons (Fsp3) is 0.800. The second-order valence-electron chi connectivity index (χ2n) is 2.78. The van der Waals surface area contributed by atoms with Gasteiger partial charge >= 0.3 is 23.1 Å². The van der Waals surface area contributed by atoms with Crippen LogP contribution in [0, 0.1) is 13.3 Å². The first-order chi connectivity index (χ1) is 4.91. The molecule has 62 valence electrons. The Kier molecular flexibility index (Phi) is 17.4. The molecule has 1 saturated carbocycles. The van der Waals surface area contributed by atoms with Crippen molar-refractivity contribution in [2.24, 2.45) is 0 Å². The Hall–Kier alpha value is 0.766. The number of rotatable bonds is 1. The summed E-state index contributed by atoms with van der Waals surface area (Å²) in [6.45, 7) is 5.72. The molecule has 0 nitrogen and oxygen atoms in total. The van der Waals surface area contributed by atoms with Crippen LogP contribution in [0.25, 0.3) is 0 Å². The van der Waals surface area contributed by atoms with Crippen LogP contribution in [0.15, 0.2) is 0 Å². The maximum Gasteiger partial charge on any atom is 2.00 e. The van der Waals surface area contributed by atoms with E-state index < -0.39 is 0 Å². The molecule has 0 atom stereocenters. The molecule has 1 aliphatic carbocycles. The minimum atomic E-state index is 0. The van der Waals surface area contributed by atoms with Gasteiger partial charge in [0.1, 0.15) is 0 Å². The zero-order chi connectivity index (χ0) is 7.66. The van der Waals surface area contributed by atoms with Crippen molar-refractivity contribution in [3.05, 3.63) is 13.3 Å². The molecule has 1 rings (SSSR count). The summed E-state index contributed by atoms with van der Waals surface area (Å²) >= 11 is 0. The summed E-state index contributed by atoms with van der Waals surface area (Å²) in [5, 5.41) is 0. The van der Waals surface area contributed by atoms with Crippen molar-refractivity contribution in [2.75, 3.05) is 0 Å². The molecule has 0 spiro atoms. The fourth-order valence-corrected chi connectivity index (χ4v) is 0.898. The maximum absolute atomic E-state index is 3.60. The Morgan fingerprint density at radius 1 is 1.18 bits per heavy atom. The third kappa shape index (κ3) is 13.7. The van der Waals surface area contributed by atoms with Crippen molar-refractivity contribution in [2.45, 2.75) is 51.9 Å². The van der Waals surface area contributed by atoms with Crippen molar-refractivity contribution in [3.8, 4) is 0 Å². The van der Waals surface area contributed by atoms with E-state index in [9.17, 15) is 0 Å². The molecule has 1 fully saturated rings. The van der Waals surface area contributed by atoms with Crippen LogP contribution in [0.5, 0.6) is 0 Å². The average Bonchev–Trinajstić information content (AvgIpc) is 2.08. The van der Waals surface area contributed by atoms with E-state index in [1.54, 1.807) is 0 Å². The van der Waals surface area contributed by atoms with Crippen LogP contribution >= 0.6 is 0 Å². The quantitative estimate of drug-likeness (QED) is 0.412. The standard InChI is InChI=1S/C6H11.C4H9.Mg/c1-2-4-6-5-3-1;1-3-4-2;/h1H,2-6H2;1,3-4H2,2H3;/q2*-1;+2.